The number of nitrogens with zero attached hydrogens (tertiary/aromatic N) is 5. The van der Waals surface area contributed by atoms with Gasteiger partial charge in [-0.1, -0.05) is 20.8 Å². The zero-order valence-corrected chi connectivity index (χ0v) is 23.2. The lowest BCUT2D eigenvalue weighted by Crippen LogP contribution is -2.29. The predicted octanol–water partition coefficient (Wildman–Crippen LogP) is 2.35. The van der Waals surface area contributed by atoms with Crippen molar-refractivity contribution in [2.45, 2.75) is 53.5 Å². The van der Waals surface area contributed by atoms with Crippen LogP contribution in [-0.4, -0.2) is 70.3 Å². The number of rotatable bonds is 9. The third-order valence-electron chi connectivity index (χ3n) is 5.99. The van der Waals surface area contributed by atoms with E-state index in [2.05, 4.69) is 20.5 Å². The fraction of sp³-hybridized carbons (Fsp3) is 0.500. The van der Waals surface area contributed by atoms with Crippen LogP contribution >= 0.6 is 0 Å². The molecular formula is C26H36N6O6. The number of hydrogen-bond acceptors (Lipinski definition) is 9. The largest absolute Gasteiger partial charge is 0.493 e. The number of aliphatic hydroxyl groups is 1. The molecule has 0 aliphatic carbocycles. The molecule has 12 nitrogen and oxygen atoms in total. The fourth-order valence-corrected chi connectivity index (χ4v) is 3.93. The van der Waals surface area contributed by atoms with Gasteiger partial charge in [0.05, 0.1) is 13.7 Å². The van der Waals surface area contributed by atoms with Gasteiger partial charge in [-0.25, -0.2) is 9.48 Å². The highest BCUT2D eigenvalue weighted by Gasteiger charge is 2.26. The average Bonchev–Trinajstić information content (AvgIpc) is 3.21. The van der Waals surface area contributed by atoms with E-state index in [0.717, 1.165) is 11.1 Å². The Bertz CT molecular complexity index is 1420. The molecule has 0 radical (unpaired) electrons. The Morgan fingerprint density at radius 1 is 1.16 bits per heavy atom. The van der Waals surface area contributed by atoms with E-state index in [4.69, 9.17) is 14.2 Å². The molecule has 1 amide bonds. The number of nitrogens with one attached hydrogen (secondary N) is 1. The lowest BCUT2D eigenvalue weighted by molar-refractivity contribution is 0.0965. The summed E-state index contributed by atoms with van der Waals surface area (Å²) in [5, 5.41) is 20.9. The maximum atomic E-state index is 13.5. The van der Waals surface area contributed by atoms with Gasteiger partial charge in [0, 0.05) is 35.8 Å². The average molecular weight is 529 g/mol. The third-order valence-corrected chi connectivity index (χ3v) is 5.99. The van der Waals surface area contributed by atoms with E-state index in [1.165, 1.54) is 9.20 Å². The minimum atomic E-state index is -0.617. The predicted molar refractivity (Wildman–Crippen MR) is 140 cm³/mol. The first-order valence-electron chi connectivity index (χ1n) is 12.3. The van der Waals surface area contributed by atoms with E-state index in [9.17, 15) is 14.7 Å². The van der Waals surface area contributed by atoms with Crippen molar-refractivity contribution < 1.29 is 28.9 Å². The van der Waals surface area contributed by atoms with Crippen LogP contribution in [-0.2, 0) is 12.0 Å². The Morgan fingerprint density at radius 2 is 1.87 bits per heavy atom. The molecule has 206 valence electrons. The van der Waals surface area contributed by atoms with E-state index in [1.807, 2.05) is 27.7 Å². The maximum absolute atomic E-state index is 13.5. The first-order chi connectivity index (χ1) is 18.0. The number of Topliss-reactive ketones (excluding diaryl/α,β-unsaturated/α-hetero) is 1. The van der Waals surface area contributed by atoms with Gasteiger partial charge in [-0.3, -0.25) is 9.79 Å². The molecule has 12 heteroatoms. The molecular weight excluding hydrogens is 492 g/mol. The van der Waals surface area contributed by atoms with Crippen LogP contribution in [0.1, 0.15) is 54.7 Å². The monoisotopic (exact) mass is 528 g/mol. The Hall–Kier alpha value is -3.93. The van der Waals surface area contributed by atoms with E-state index < -0.39 is 6.09 Å². The number of aromatic nitrogens is 4. The number of ether oxygens (including phenoxy) is 3. The van der Waals surface area contributed by atoms with Crippen molar-refractivity contribution in [2.75, 3.05) is 33.9 Å². The highest BCUT2D eigenvalue weighted by atomic mass is 16.6. The first kappa shape index (κ1) is 28.6. The molecule has 3 aromatic rings. The van der Waals surface area contributed by atoms with E-state index in [0.29, 0.717) is 40.4 Å². The minimum Gasteiger partial charge on any atom is -0.493 e. The van der Waals surface area contributed by atoms with Crippen LogP contribution in [0.25, 0.3) is 5.65 Å². The van der Waals surface area contributed by atoms with Crippen molar-refractivity contribution in [1.29, 1.82) is 0 Å². The molecule has 0 saturated heterocycles. The van der Waals surface area contributed by atoms with Gasteiger partial charge in [-0.2, -0.15) is 4.52 Å². The Labute approximate surface area is 221 Å². The smallest absolute Gasteiger partial charge is 0.413 e. The number of fused-ring (bicyclic) bond motifs is 1. The molecule has 2 N–H and O–H groups in total. The molecule has 38 heavy (non-hydrogen) atoms. The van der Waals surface area contributed by atoms with Crippen molar-refractivity contribution in [2.24, 2.45) is 4.99 Å². The summed E-state index contributed by atoms with van der Waals surface area (Å²) in [5.41, 5.74) is 3.00. The molecule has 0 unspecified atom stereocenters. The summed E-state index contributed by atoms with van der Waals surface area (Å²) in [6, 6.07) is 3.40. The molecule has 0 spiro atoms. The SMILES string of the molecule is CCNC(=O)Oc1nn2c(=NC)n(CC(=O)c3cc(OCCO)c(OC)c(C(C)(C)C)c3)nc2c(C)c1C. The summed E-state index contributed by atoms with van der Waals surface area (Å²) in [7, 11) is 3.11. The summed E-state index contributed by atoms with van der Waals surface area (Å²) in [6.07, 6.45) is -0.617. The molecule has 1 aromatic carbocycles. The van der Waals surface area contributed by atoms with Gasteiger partial charge in [-0.05, 0) is 38.3 Å². The lowest BCUT2D eigenvalue weighted by atomic mass is 9.84. The van der Waals surface area contributed by atoms with Gasteiger partial charge < -0.3 is 24.6 Å². The first-order valence-corrected chi connectivity index (χ1v) is 12.3. The van der Waals surface area contributed by atoms with E-state index >= 15 is 0 Å². The third kappa shape index (κ3) is 5.80. The summed E-state index contributed by atoms with van der Waals surface area (Å²) < 4.78 is 19.6. The van der Waals surface area contributed by atoms with Crippen molar-refractivity contribution >= 4 is 17.5 Å². The number of carbonyl (C=O) groups is 2. The number of ketones is 1. The van der Waals surface area contributed by atoms with Gasteiger partial charge in [-0.15, -0.1) is 10.2 Å². The standard InChI is InChI=1S/C26H36N6O6/c1-9-28-25(35)38-23-16(3)15(2)22-29-31(24(27-7)32(22)30-23)14-19(34)17-12-18(26(4,5)6)21(36-8)20(13-17)37-11-10-33/h12-13,33H,9-11,14H2,1-8H3,(H,28,35). The van der Waals surface area contributed by atoms with Gasteiger partial charge in [0.1, 0.15) is 13.2 Å². The van der Waals surface area contributed by atoms with Crippen LogP contribution in [0.3, 0.4) is 0 Å². The molecule has 2 aromatic heterocycles. The molecule has 0 bridgehead atoms. The van der Waals surface area contributed by atoms with Crippen LogP contribution < -0.4 is 25.1 Å². The van der Waals surface area contributed by atoms with Crippen molar-refractivity contribution in [1.82, 2.24) is 24.7 Å². The summed E-state index contributed by atoms with van der Waals surface area (Å²) in [6.45, 7) is 11.6. The van der Waals surface area contributed by atoms with Crippen molar-refractivity contribution in [3.63, 3.8) is 0 Å². The Kier molecular flexibility index (Phi) is 8.77. The minimum absolute atomic E-state index is 0.0582. The van der Waals surface area contributed by atoms with Gasteiger partial charge in [0.2, 0.25) is 11.5 Å². The number of carbonyl (C=O) groups excluding carboxylic acids is 2. The molecule has 0 aliphatic heterocycles. The number of methoxy groups -OCH3 is 1. The van der Waals surface area contributed by atoms with Crippen LogP contribution in [0.2, 0.25) is 0 Å². The molecule has 2 heterocycles. The Morgan fingerprint density at radius 3 is 2.45 bits per heavy atom. The summed E-state index contributed by atoms with van der Waals surface area (Å²) >= 11 is 0. The topological polar surface area (TPSA) is 142 Å². The molecule has 0 fully saturated rings. The molecule has 0 aliphatic rings. The normalized spacial score (nSPS) is 12.1. The lowest BCUT2D eigenvalue weighted by Gasteiger charge is -2.25. The quantitative estimate of drug-likeness (QED) is 0.403. The molecule has 0 saturated carbocycles. The molecule has 3 rings (SSSR count). The summed E-state index contributed by atoms with van der Waals surface area (Å²) in [5.74, 6) is 0.774. The number of benzene rings is 1. The number of aryl methyl sites for hydroxylation is 1. The van der Waals surface area contributed by atoms with Crippen LogP contribution in [0.4, 0.5) is 4.79 Å². The van der Waals surface area contributed by atoms with Crippen LogP contribution in [0.5, 0.6) is 17.4 Å². The zero-order chi connectivity index (χ0) is 28.2. The summed E-state index contributed by atoms with van der Waals surface area (Å²) in [4.78, 5) is 29.8. The zero-order valence-electron chi connectivity index (χ0n) is 23.2. The van der Waals surface area contributed by atoms with E-state index in [1.54, 1.807) is 40.1 Å². The highest BCUT2D eigenvalue weighted by Crippen LogP contribution is 2.40. The fourth-order valence-electron chi connectivity index (χ4n) is 3.93. The van der Waals surface area contributed by atoms with Gasteiger partial charge >= 0.3 is 6.09 Å². The van der Waals surface area contributed by atoms with Crippen LogP contribution in [0.15, 0.2) is 17.1 Å². The van der Waals surface area contributed by atoms with Crippen LogP contribution in [0, 0.1) is 13.8 Å². The maximum Gasteiger partial charge on any atom is 0.413 e. The number of amides is 1. The highest BCUT2D eigenvalue weighted by molar-refractivity contribution is 5.97. The van der Waals surface area contributed by atoms with Gasteiger partial charge in [0.25, 0.3) is 0 Å². The van der Waals surface area contributed by atoms with E-state index in [-0.39, 0.29) is 36.8 Å². The molecule has 0 atom stereocenters. The number of hydrogen-bond donors (Lipinski definition) is 2. The van der Waals surface area contributed by atoms with Crippen molar-refractivity contribution in [3.05, 3.63) is 40.0 Å². The second-order valence-electron chi connectivity index (χ2n) is 9.69. The van der Waals surface area contributed by atoms with Gasteiger partial charge in [0.15, 0.2) is 22.9 Å². The number of aliphatic hydroxyl groups excluding tert-OH is 1. The second kappa shape index (κ2) is 11.6. The second-order valence-corrected chi connectivity index (χ2v) is 9.69. The Balaban J connectivity index is 2.08. The van der Waals surface area contributed by atoms with Crippen molar-refractivity contribution in [3.8, 4) is 17.4 Å².